The second-order valence-corrected chi connectivity index (χ2v) is 6.01. The van der Waals surface area contributed by atoms with Crippen molar-refractivity contribution in [3.05, 3.63) is 36.5 Å². The third-order valence-corrected chi connectivity index (χ3v) is 3.32. The Kier molecular flexibility index (Phi) is 14.6. The second-order valence-electron chi connectivity index (χ2n) is 4.81. The van der Waals surface area contributed by atoms with Crippen LogP contribution in [0.1, 0.15) is 32.6 Å². The minimum atomic E-state index is -4.69. The molecule has 1 fully saturated rings. The monoisotopic (exact) mass is 370 g/mol. The Hall–Kier alpha value is 0.886. The molecule has 0 aliphatic carbocycles. The van der Waals surface area contributed by atoms with Crippen LogP contribution in [0.3, 0.4) is 0 Å². The van der Waals surface area contributed by atoms with Crippen molar-refractivity contribution in [2.75, 3.05) is 13.2 Å². The summed E-state index contributed by atoms with van der Waals surface area (Å²) in [5, 5.41) is 0. The number of allylic oxidation sites excluding steroid dienone is 5. The van der Waals surface area contributed by atoms with Gasteiger partial charge in [0.15, 0.2) is 6.29 Å². The van der Waals surface area contributed by atoms with Crippen LogP contribution in [0.5, 0.6) is 0 Å². The van der Waals surface area contributed by atoms with Crippen LogP contribution in [0.25, 0.3) is 0 Å². The fraction of sp³-hybridized carbons (Fsp3) is 0.600. The van der Waals surface area contributed by atoms with E-state index in [1.54, 1.807) is 0 Å². The molecule has 1 heterocycles. The molecule has 1 rings (SSSR count). The average Bonchev–Trinajstić information content (AvgIpc) is 2.91. The molecule has 6 nitrogen and oxygen atoms in total. The third kappa shape index (κ3) is 13.8. The SMILES string of the molecule is CC/C=C\C/C=C\C/C=C\CC1OCC(COP(=O)([O-])O)O1.[K+]. The van der Waals surface area contributed by atoms with E-state index in [0.717, 1.165) is 19.3 Å². The maximum atomic E-state index is 10.5. The zero-order valence-corrected chi connectivity index (χ0v) is 17.8. The van der Waals surface area contributed by atoms with E-state index < -0.39 is 20.2 Å². The topological polar surface area (TPSA) is 88.1 Å². The van der Waals surface area contributed by atoms with Gasteiger partial charge in [-0.15, -0.1) is 0 Å². The fourth-order valence-electron chi connectivity index (χ4n) is 1.81. The Morgan fingerprint density at radius 2 is 1.83 bits per heavy atom. The minimum absolute atomic E-state index is 0. The molecule has 0 aromatic carbocycles. The first-order valence-corrected chi connectivity index (χ1v) is 8.91. The molecule has 23 heavy (non-hydrogen) atoms. The standard InChI is InChI=1S/C15H25O6P.K/c1-2-3-4-5-6-7-8-9-10-11-15-19-12-14(21-15)13-20-22(16,17)18;/h3-4,6-7,9-10,14-15H,2,5,8,11-13H2,1H3,(H2,16,17,18);/q;+1/p-1/b4-3-,7-6-,10-9-;. The van der Waals surface area contributed by atoms with Crippen LogP contribution in [0.15, 0.2) is 36.5 Å². The summed E-state index contributed by atoms with van der Waals surface area (Å²) in [6.45, 7) is 2.13. The molecule has 1 N–H and O–H groups in total. The van der Waals surface area contributed by atoms with Crippen LogP contribution in [0.2, 0.25) is 0 Å². The summed E-state index contributed by atoms with van der Waals surface area (Å²) in [7, 11) is -4.69. The van der Waals surface area contributed by atoms with Crippen LogP contribution in [0, 0.1) is 0 Å². The number of hydrogen-bond donors (Lipinski definition) is 1. The van der Waals surface area contributed by atoms with E-state index in [4.69, 9.17) is 14.4 Å². The van der Waals surface area contributed by atoms with Crippen molar-refractivity contribution in [2.45, 2.75) is 45.0 Å². The zero-order chi connectivity index (χ0) is 16.3. The maximum absolute atomic E-state index is 10.5. The molecule has 0 saturated carbocycles. The summed E-state index contributed by atoms with van der Waals surface area (Å²) < 4.78 is 25.5. The van der Waals surface area contributed by atoms with Gasteiger partial charge in [0.05, 0.1) is 13.2 Å². The van der Waals surface area contributed by atoms with Gasteiger partial charge in [-0.2, -0.15) is 0 Å². The van der Waals surface area contributed by atoms with Crippen LogP contribution in [-0.4, -0.2) is 30.5 Å². The first-order valence-electron chi connectivity index (χ1n) is 7.41. The van der Waals surface area contributed by atoms with Gasteiger partial charge >= 0.3 is 51.4 Å². The zero-order valence-electron chi connectivity index (χ0n) is 13.8. The van der Waals surface area contributed by atoms with E-state index in [1.165, 1.54) is 0 Å². The largest absolute Gasteiger partial charge is 1.00 e. The molecule has 0 spiro atoms. The summed E-state index contributed by atoms with van der Waals surface area (Å²) in [4.78, 5) is 19.0. The van der Waals surface area contributed by atoms with Crippen molar-refractivity contribution >= 4 is 7.82 Å². The first-order chi connectivity index (χ1) is 10.5. The van der Waals surface area contributed by atoms with Gasteiger partial charge in [0.1, 0.15) is 6.10 Å². The van der Waals surface area contributed by atoms with Gasteiger partial charge in [0.2, 0.25) is 0 Å². The van der Waals surface area contributed by atoms with Crippen molar-refractivity contribution in [2.24, 2.45) is 0 Å². The summed E-state index contributed by atoms with van der Waals surface area (Å²) in [6.07, 6.45) is 15.0. The molecule has 0 amide bonds. The predicted molar refractivity (Wildman–Crippen MR) is 82.0 cm³/mol. The van der Waals surface area contributed by atoms with Crippen molar-refractivity contribution in [1.29, 1.82) is 0 Å². The van der Waals surface area contributed by atoms with Gasteiger partial charge in [-0.1, -0.05) is 43.4 Å². The normalized spacial score (nSPS) is 24.5. The molecule has 3 unspecified atom stereocenters. The summed E-state index contributed by atoms with van der Waals surface area (Å²) in [5.74, 6) is 0. The van der Waals surface area contributed by atoms with E-state index in [2.05, 4.69) is 35.8 Å². The number of rotatable bonds is 10. The third-order valence-electron chi connectivity index (χ3n) is 2.84. The molecule has 1 aliphatic rings. The van der Waals surface area contributed by atoms with Crippen LogP contribution in [-0.2, 0) is 18.6 Å². The smallest absolute Gasteiger partial charge is 0.756 e. The fourth-order valence-corrected chi connectivity index (χ4v) is 2.17. The summed E-state index contributed by atoms with van der Waals surface area (Å²) in [6, 6.07) is 0. The molecule has 1 saturated heterocycles. The molecular formula is C15H24KO6P. The number of ether oxygens (including phenoxy) is 2. The van der Waals surface area contributed by atoms with Gasteiger partial charge in [-0.3, -0.25) is 4.57 Å². The quantitative estimate of drug-likeness (QED) is 0.316. The van der Waals surface area contributed by atoms with Gasteiger partial charge in [-0.25, -0.2) is 0 Å². The predicted octanol–water partition coefficient (Wildman–Crippen LogP) is -0.542. The van der Waals surface area contributed by atoms with Crippen LogP contribution >= 0.6 is 7.82 Å². The van der Waals surface area contributed by atoms with Crippen molar-refractivity contribution in [3.8, 4) is 0 Å². The molecule has 1 aliphatic heterocycles. The minimum Gasteiger partial charge on any atom is -0.756 e. The summed E-state index contributed by atoms with van der Waals surface area (Å²) in [5.41, 5.74) is 0. The Bertz CT molecular complexity index is 432. The molecule has 0 bridgehead atoms. The molecule has 126 valence electrons. The first kappa shape index (κ1) is 23.9. The van der Waals surface area contributed by atoms with Crippen LogP contribution < -0.4 is 56.3 Å². The van der Waals surface area contributed by atoms with E-state index in [0.29, 0.717) is 6.42 Å². The van der Waals surface area contributed by atoms with E-state index in [-0.39, 0.29) is 64.6 Å². The molecule has 8 heteroatoms. The molecule has 0 aromatic rings. The maximum Gasteiger partial charge on any atom is 1.00 e. The van der Waals surface area contributed by atoms with Gasteiger partial charge in [0.25, 0.3) is 7.82 Å². The van der Waals surface area contributed by atoms with E-state index in [1.807, 2.05) is 12.2 Å². The van der Waals surface area contributed by atoms with Gasteiger partial charge in [0, 0.05) is 6.42 Å². The van der Waals surface area contributed by atoms with Crippen molar-refractivity contribution in [3.63, 3.8) is 0 Å². The van der Waals surface area contributed by atoms with E-state index in [9.17, 15) is 9.46 Å². The van der Waals surface area contributed by atoms with Gasteiger partial charge in [-0.05, 0) is 19.3 Å². The molecule has 0 radical (unpaired) electrons. The average molecular weight is 370 g/mol. The van der Waals surface area contributed by atoms with E-state index >= 15 is 0 Å². The Labute approximate surface area is 180 Å². The summed E-state index contributed by atoms with van der Waals surface area (Å²) >= 11 is 0. The van der Waals surface area contributed by atoms with Gasteiger partial charge < -0.3 is 23.8 Å². The Balaban J connectivity index is 0.00000484. The van der Waals surface area contributed by atoms with Crippen molar-refractivity contribution in [1.82, 2.24) is 0 Å². The second kappa shape index (κ2) is 14.1. The number of hydrogen-bond acceptors (Lipinski definition) is 5. The molecule has 3 atom stereocenters. The molecule has 0 aromatic heterocycles. The molecular weight excluding hydrogens is 346 g/mol. The van der Waals surface area contributed by atoms with Crippen LogP contribution in [0.4, 0.5) is 0 Å². The Morgan fingerprint density at radius 3 is 2.43 bits per heavy atom. The number of phosphoric ester groups is 1. The Morgan fingerprint density at radius 1 is 1.22 bits per heavy atom. The number of phosphoric acid groups is 1. The van der Waals surface area contributed by atoms with Crippen molar-refractivity contribution < 1.29 is 79.7 Å².